The smallest absolute Gasteiger partial charge is 0.330 e. The van der Waals surface area contributed by atoms with Crippen molar-refractivity contribution in [3.63, 3.8) is 0 Å². The molecule has 0 amide bonds. The van der Waals surface area contributed by atoms with Crippen molar-refractivity contribution in [2.45, 2.75) is 26.2 Å². The van der Waals surface area contributed by atoms with Gasteiger partial charge in [0.1, 0.15) is 5.75 Å². The zero-order valence-electron chi connectivity index (χ0n) is 12.0. The number of aromatic nitrogens is 3. The number of benzene rings is 1. The Labute approximate surface area is 118 Å². The molecule has 106 valence electrons. The Morgan fingerprint density at radius 1 is 1.00 bits per heavy atom. The van der Waals surface area contributed by atoms with Crippen LogP contribution >= 0.6 is 0 Å². The molecule has 0 aliphatic carbocycles. The van der Waals surface area contributed by atoms with Crippen LogP contribution in [0.15, 0.2) is 24.3 Å². The summed E-state index contributed by atoms with van der Waals surface area (Å²) < 4.78 is 10.7. The molecule has 0 atom stereocenters. The Bertz CT molecular complexity index is 608. The molecule has 0 fully saturated rings. The molecule has 2 N–H and O–H groups in total. The molecule has 2 aromatic rings. The number of nitrogen functional groups attached to an aromatic ring is 1. The van der Waals surface area contributed by atoms with E-state index in [2.05, 4.69) is 35.7 Å². The second-order valence-electron chi connectivity index (χ2n) is 5.31. The summed E-state index contributed by atoms with van der Waals surface area (Å²) in [5, 5.41) is 0. The van der Waals surface area contributed by atoms with Gasteiger partial charge in [-0.3, -0.25) is 0 Å². The van der Waals surface area contributed by atoms with Crippen molar-refractivity contribution in [1.82, 2.24) is 15.0 Å². The second kappa shape index (κ2) is 5.32. The minimum atomic E-state index is -0.0563. The first-order valence-corrected chi connectivity index (χ1v) is 6.23. The Balaban J connectivity index is 2.38. The highest BCUT2D eigenvalue weighted by Crippen LogP contribution is 2.33. The van der Waals surface area contributed by atoms with E-state index in [1.165, 1.54) is 7.11 Å². The molecule has 20 heavy (non-hydrogen) atoms. The highest BCUT2D eigenvalue weighted by atomic mass is 16.5. The van der Waals surface area contributed by atoms with Gasteiger partial charge in [0.25, 0.3) is 0 Å². The predicted octanol–water partition coefficient (Wildman–Crippen LogP) is 2.55. The molecule has 0 bridgehead atoms. The van der Waals surface area contributed by atoms with Crippen LogP contribution in [0.1, 0.15) is 26.3 Å². The lowest BCUT2D eigenvalue weighted by Gasteiger charge is -2.21. The van der Waals surface area contributed by atoms with Gasteiger partial charge in [0, 0.05) is 5.56 Å². The van der Waals surface area contributed by atoms with Gasteiger partial charge >= 0.3 is 12.0 Å². The number of hydrogen-bond donors (Lipinski definition) is 1. The highest BCUT2D eigenvalue weighted by Gasteiger charge is 2.19. The maximum atomic E-state index is 5.74. The van der Waals surface area contributed by atoms with Crippen LogP contribution in [0, 0.1) is 0 Å². The lowest BCUT2D eigenvalue weighted by Crippen LogP contribution is -2.13. The van der Waals surface area contributed by atoms with Gasteiger partial charge in [-0.1, -0.05) is 39.0 Å². The van der Waals surface area contributed by atoms with E-state index >= 15 is 0 Å². The van der Waals surface area contributed by atoms with Crippen molar-refractivity contribution < 1.29 is 9.47 Å². The van der Waals surface area contributed by atoms with Gasteiger partial charge in [0.2, 0.25) is 5.95 Å². The van der Waals surface area contributed by atoms with Gasteiger partial charge in [-0.15, -0.1) is 4.98 Å². The first kappa shape index (κ1) is 14.0. The summed E-state index contributed by atoms with van der Waals surface area (Å²) in [5.74, 6) is 0.743. The topological polar surface area (TPSA) is 83.2 Å². The van der Waals surface area contributed by atoms with Crippen LogP contribution < -0.4 is 15.2 Å². The van der Waals surface area contributed by atoms with Crippen molar-refractivity contribution in [3.8, 4) is 17.8 Å². The van der Waals surface area contributed by atoms with Gasteiger partial charge in [-0.2, -0.15) is 9.97 Å². The fourth-order valence-corrected chi connectivity index (χ4v) is 1.76. The van der Waals surface area contributed by atoms with Crippen LogP contribution in [-0.4, -0.2) is 22.1 Å². The largest absolute Gasteiger partial charge is 0.467 e. The molecule has 0 radical (unpaired) electrons. The summed E-state index contributed by atoms with van der Waals surface area (Å²) in [7, 11) is 1.46. The van der Waals surface area contributed by atoms with Crippen LogP contribution in [0.3, 0.4) is 0 Å². The molecule has 0 saturated heterocycles. The molecular weight excluding hydrogens is 256 g/mol. The maximum Gasteiger partial charge on any atom is 0.330 e. The SMILES string of the molecule is COc1nc(N)nc(Oc2ccccc2C(C)(C)C)n1. The van der Waals surface area contributed by atoms with Crippen LogP contribution in [-0.2, 0) is 5.41 Å². The summed E-state index contributed by atoms with van der Waals surface area (Å²) in [6.45, 7) is 6.33. The summed E-state index contributed by atoms with van der Waals surface area (Å²) in [6.07, 6.45) is 0. The van der Waals surface area contributed by atoms with Crippen LogP contribution in [0.5, 0.6) is 17.8 Å². The van der Waals surface area contributed by atoms with Gasteiger partial charge in [-0.25, -0.2) is 0 Å². The van der Waals surface area contributed by atoms with Gasteiger partial charge in [0.15, 0.2) is 0 Å². The van der Waals surface area contributed by atoms with E-state index < -0.39 is 0 Å². The van der Waals surface area contributed by atoms with E-state index in [-0.39, 0.29) is 23.4 Å². The van der Waals surface area contributed by atoms with Crippen molar-refractivity contribution in [2.24, 2.45) is 0 Å². The Morgan fingerprint density at radius 2 is 1.65 bits per heavy atom. The van der Waals surface area contributed by atoms with E-state index in [4.69, 9.17) is 15.2 Å². The number of hydrogen-bond acceptors (Lipinski definition) is 6. The van der Waals surface area contributed by atoms with Crippen LogP contribution in [0.25, 0.3) is 0 Å². The monoisotopic (exact) mass is 274 g/mol. The molecule has 0 aliphatic rings. The first-order valence-electron chi connectivity index (χ1n) is 6.23. The fraction of sp³-hybridized carbons (Fsp3) is 0.357. The fourth-order valence-electron chi connectivity index (χ4n) is 1.76. The van der Waals surface area contributed by atoms with Crippen molar-refractivity contribution in [3.05, 3.63) is 29.8 Å². The first-order chi connectivity index (χ1) is 9.40. The number of nitrogens with two attached hydrogens (primary N) is 1. The third-order valence-corrected chi connectivity index (χ3v) is 2.69. The number of rotatable bonds is 3. The van der Waals surface area contributed by atoms with E-state index in [0.717, 1.165) is 5.56 Å². The quantitative estimate of drug-likeness (QED) is 0.926. The van der Waals surface area contributed by atoms with Gasteiger partial charge in [-0.05, 0) is 11.5 Å². The average Bonchev–Trinajstić information content (AvgIpc) is 2.37. The lowest BCUT2D eigenvalue weighted by molar-refractivity contribution is 0.358. The molecule has 0 aliphatic heterocycles. The molecule has 0 unspecified atom stereocenters. The molecular formula is C14H18N4O2. The molecule has 1 heterocycles. The molecule has 6 nitrogen and oxygen atoms in total. The highest BCUT2D eigenvalue weighted by molar-refractivity contribution is 5.40. The number of anilines is 1. The van der Waals surface area contributed by atoms with Crippen molar-refractivity contribution in [1.29, 1.82) is 0 Å². The Hall–Kier alpha value is -2.37. The summed E-state index contributed by atoms with van der Waals surface area (Å²) in [4.78, 5) is 11.8. The third-order valence-electron chi connectivity index (χ3n) is 2.69. The molecule has 2 rings (SSSR count). The van der Waals surface area contributed by atoms with Crippen LogP contribution in [0.4, 0.5) is 5.95 Å². The van der Waals surface area contributed by atoms with Crippen LogP contribution in [0.2, 0.25) is 0 Å². The van der Waals surface area contributed by atoms with E-state index in [0.29, 0.717) is 5.75 Å². The summed E-state index contributed by atoms with van der Waals surface area (Å²) in [5.41, 5.74) is 6.59. The standard InChI is InChI=1S/C14H18N4O2/c1-14(2,3)9-7-5-6-8-10(9)20-13-17-11(15)16-12(18-13)19-4/h5-8H,1-4H3,(H2,15,16,17,18). The minimum absolute atomic E-state index is 0.0556. The average molecular weight is 274 g/mol. The van der Waals surface area contributed by atoms with E-state index in [1.807, 2.05) is 24.3 Å². The molecule has 1 aromatic heterocycles. The number of ether oxygens (including phenoxy) is 2. The third kappa shape index (κ3) is 3.14. The van der Waals surface area contributed by atoms with Gasteiger partial charge < -0.3 is 15.2 Å². The number of para-hydroxylation sites is 1. The maximum absolute atomic E-state index is 5.74. The molecule has 0 saturated carbocycles. The normalized spacial score (nSPS) is 11.2. The zero-order chi connectivity index (χ0) is 14.8. The molecule has 1 aromatic carbocycles. The van der Waals surface area contributed by atoms with Crippen molar-refractivity contribution in [2.75, 3.05) is 12.8 Å². The van der Waals surface area contributed by atoms with E-state index in [9.17, 15) is 0 Å². The van der Waals surface area contributed by atoms with Crippen molar-refractivity contribution >= 4 is 5.95 Å². The molecule has 0 spiro atoms. The Kier molecular flexibility index (Phi) is 3.74. The number of nitrogens with zero attached hydrogens (tertiary/aromatic N) is 3. The predicted molar refractivity (Wildman–Crippen MR) is 76.0 cm³/mol. The zero-order valence-corrected chi connectivity index (χ0v) is 12.0. The minimum Gasteiger partial charge on any atom is -0.467 e. The van der Waals surface area contributed by atoms with Gasteiger partial charge in [0.05, 0.1) is 7.11 Å². The summed E-state index contributed by atoms with van der Waals surface area (Å²) in [6, 6.07) is 7.98. The number of methoxy groups -OCH3 is 1. The van der Waals surface area contributed by atoms with E-state index in [1.54, 1.807) is 0 Å². The summed E-state index contributed by atoms with van der Waals surface area (Å²) >= 11 is 0. The Morgan fingerprint density at radius 3 is 2.30 bits per heavy atom. The molecule has 6 heteroatoms. The second-order valence-corrected chi connectivity index (χ2v) is 5.31. The lowest BCUT2D eigenvalue weighted by atomic mass is 9.86.